The third kappa shape index (κ3) is 5.18. The lowest BCUT2D eigenvalue weighted by molar-refractivity contribution is -0.268. The summed E-state index contributed by atoms with van der Waals surface area (Å²) >= 11 is 0. The molecular formula is C44H62O5. The molecular weight excluding hydrogens is 608 g/mol. The number of rotatable bonds is 7. The summed E-state index contributed by atoms with van der Waals surface area (Å²) in [6.07, 6.45) is 7.37. The SMILES string of the molecule is CC1(C)CC2C3=CCC4[C@@]5(C)CC[C@H](OCc6ccccc6)C(C)(C)C5CC[C@@]4(C)[C@]3(C)C[C@@H](OCc3ccccc3)[C@@]2(CO)[C@@H](O)[C@@H]1O. The summed E-state index contributed by atoms with van der Waals surface area (Å²) in [5.41, 5.74) is 2.35. The van der Waals surface area contributed by atoms with Crippen LogP contribution in [0.5, 0.6) is 0 Å². The van der Waals surface area contributed by atoms with E-state index in [9.17, 15) is 15.3 Å². The van der Waals surface area contributed by atoms with E-state index in [1.54, 1.807) is 0 Å². The molecule has 5 heteroatoms. The summed E-state index contributed by atoms with van der Waals surface area (Å²) in [7, 11) is 0. The van der Waals surface area contributed by atoms with Gasteiger partial charge >= 0.3 is 0 Å². The molecule has 4 saturated carbocycles. The number of hydrogen-bond donors (Lipinski definition) is 3. The molecule has 0 amide bonds. The van der Waals surface area contributed by atoms with Crippen molar-refractivity contribution in [3.05, 3.63) is 83.4 Å². The first-order chi connectivity index (χ1) is 23.1. The van der Waals surface area contributed by atoms with Gasteiger partial charge in [0.1, 0.15) is 0 Å². The normalized spacial score (nSPS) is 43.7. The molecule has 268 valence electrons. The van der Waals surface area contributed by atoms with E-state index in [0.717, 1.165) is 37.7 Å². The molecule has 0 saturated heterocycles. The molecule has 7 rings (SSSR count). The summed E-state index contributed by atoms with van der Waals surface area (Å²) < 4.78 is 13.7. The highest BCUT2D eigenvalue weighted by Gasteiger charge is 2.72. The van der Waals surface area contributed by atoms with Crippen molar-refractivity contribution in [2.45, 2.75) is 131 Å². The molecule has 0 aromatic heterocycles. The van der Waals surface area contributed by atoms with Gasteiger partial charge in [-0.1, -0.05) is 121 Å². The zero-order valence-electron chi connectivity index (χ0n) is 31.1. The molecule has 0 aliphatic heterocycles. The second-order valence-electron chi connectivity index (χ2n) is 18.8. The fraction of sp³-hybridized carbons (Fsp3) is 0.682. The zero-order chi connectivity index (χ0) is 35.0. The van der Waals surface area contributed by atoms with Gasteiger partial charge in [-0.05, 0) is 101 Å². The molecule has 11 atom stereocenters. The lowest BCUT2D eigenvalue weighted by Crippen LogP contribution is -2.72. The minimum atomic E-state index is -1.08. The highest BCUT2D eigenvalue weighted by Crippen LogP contribution is 2.76. The first kappa shape index (κ1) is 35.4. The summed E-state index contributed by atoms with van der Waals surface area (Å²) in [4.78, 5) is 0. The molecule has 3 unspecified atom stereocenters. The van der Waals surface area contributed by atoms with Gasteiger partial charge < -0.3 is 24.8 Å². The lowest BCUT2D eigenvalue weighted by Gasteiger charge is -2.72. The third-order valence-corrected chi connectivity index (χ3v) is 15.9. The number of allylic oxidation sites excluding steroid dienone is 2. The van der Waals surface area contributed by atoms with E-state index in [4.69, 9.17) is 9.47 Å². The maximum Gasteiger partial charge on any atom is 0.0913 e. The van der Waals surface area contributed by atoms with Gasteiger partial charge in [-0.3, -0.25) is 0 Å². The zero-order valence-corrected chi connectivity index (χ0v) is 31.1. The second kappa shape index (κ2) is 12.3. The topological polar surface area (TPSA) is 79.2 Å². The molecule has 0 spiro atoms. The lowest BCUT2D eigenvalue weighted by atomic mass is 9.33. The molecule has 2 aromatic rings. The predicted octanol–water partition coefficient (Wildman–Crippen LogP) is 8.50. The maximum absolute atomic E-state index is 12.1. The van der Waals surface area contributed by atoms with Gasteiger partial charge in [0.05, 0.1) is 49.7 Å². The quantitative estimate of drug-likeness (QED) is 0.258. The fourth-order valence-corrected chi connectivity index (χ4v) is 12.9. The van der Waals surface area contributed by atoms with Crippen molar-refractivity contribution in [3.63, 3.8) is 0 Å². The van der Waals surface area contributed by atoms with E-state index >= 15 is 0 Å². The van der Waals surface area contributed by atoms with Crippen molar-refractivity contribution in [2.75, 3.05) is 6.61 Å². The number of hydrogen-bond acceptors (Lipinski definition) is 5. The maximum atomic E-state index is 12.1. The number of aliphatic hydroxyl groups excluding tert-OH is 3. The minimum Gasteiger partial charge on any atom is -0.396 e. The molecule has 4 fully saturated rings. The Balaban J connectivity index is 1.24. The van der Waals surface area contributed by atoms with Crippen molar-refractivity contribution >= 4 is 0 Å². The molecule has 0 heterocycles. The summed E-state index contributed by atoms with van der Waals surface area (Å²) in [5, 5.41) is 35.0. The van der Waals surface area contributed by atoms with E-state index in [1.807, 2.05) is 18.2 Å². The average molecular weight is 671 g/mol. The second-order valence-corrected chi connectivity index (χ2v) is 18.8. The van der Waals surface area contributed by atoms with Gasteiger partial charge in [-0.25, -0.2) is 0 Å². The Bertz CT molecular complexity index is 1520. The van der Waals surface area contributed by atoms with Crippen molar-refractivity contribution in [3.8, 4) is 0 Å². The monoisotopic (exact) mass is 670 g/mol. The van der Waals surface area contributed by atoms with Gasteiger partial charge in [0.15, 0.2) is 0 Å². The van der Waals surface area contributed by atoms with E-state index in [-0.39, 0.29) is 40.3 Å². The van der Waals surface area contributed by atoms with Crippen LogP contribution in [-0.2, 0) is 22.7 Å². The van der Waals surface area contributed by atoms with Crippen LogP contribution in [0, 0.1) is 50.2 Å². The standard InChI is InChI=1S/C44H62O5/c1-39(2)24-32-31-18-19-34-41(5)22-21-35(48-26-29-14-10-8-11-15-29)40(3,4)33(41)20-23-42(34,6)43(31,7)25-36(44(32,28-45)38(47)37(39)46)49-27-30-16-12-9-13-17-30/h8-18,32-38,45-47H,19-28H2,1-7H3/t32?,33?,34?,35-,36+,37-,38-,41-,42+,43+,44-/m0/s1. The first-order valence-electron chi connectivity index (χ1n) is 19.1. The number of benzene rings is 2. The van der Waals surface area contributed by atoms with Gasteiger partial charge in [-0.15, -0.1) is 0 Å². The predicted molar refractivity (Wildman–Crippen MR) is 194 cm³/mol. The molecule has 5 aliphatic rings. The molecule has 5 aliphatic carbocycles. The Kier molecular flexibility index (Phi) is 8.88. The first-order valence-corrected chi connectivity index (χ1v) is 19.1. The van der Waals surface area contributed by atoms with E-state index in [0.29, 0.717) is 31.5 Å². The van der Waals surface area contributed by atoms with Crippen LogP contribution in [-0.4, -0.2) is 46.3 Å². The van der Waals surface area contributed by atoms with Crippen molar-refractivity contribution in [2.24, 2.45) is 50.2 Å². The smallest absolute Gasteiger partial charge is 0.0913 e. The average Bonchev–Trinajstić information content (AvgIpc) is 3.07. The molecule has 0 bridgehead atoms. The summed E-state index contributed by atoms with van der Waals surface area (Å²) in [5.74, 6) is 0.986. The van der Waals surface area contributed by atoms with Crippen LogP contribution in [0.4, 0.5) is 0 Å². The number of ether oxygens (including phenoxy) is 2. The summed E-state index contributed by atoms with van der Waals surface area (Å²) in [6.45, 7) is 17.7. The van der Waals surface area contributed by atoms with Crippen molar-refractivity contribution in [1.29, 1.82) is 0 Å². The minimum absolute atomic E-state index is 0.0251. The highest BCUT2D eigenvalue weighted by molar-refractivity contribution is 5.36. The van der Waals surface area contributed by atoms with Crippen LogP contribution in [0.25, 0.3) is 0 Å². The van der Waals surface area contributed by atoms with Crippen LogP contribution in [0.1, 0.15) is 105 Å². The van der Waals surface area contributed by atoms with E-state index in [1.165, 1.54) is 17.6 Å². The van der Waals surface area contributed by atoms with E-state index < -0.39 is 29.1 Å². The largest absolute Gasteiger partial charge is 0.396 e. The summed E-state index contributed by atoms with van der Waals surface area (Å²) in [6, 6.07) is 20.8. The van der Waals surface area contributed by atoms with Crippen LogP contribution >= 0.6 is 0 Å². The Morgan fingerprint density at radius 2 is 1.29 bits per heavy atom. The van der Waals surface area contributed by atoms with Crippen LogP contribution in [0.3, 0.4) is 0 Å². The number of fused-ring (bicyclic) bond motifs is 7. The molecule has 2 aromatic carbocycles. The van der Waals surface area contributed by atoms with Crippen molar-refractivity contribution in [1.82, 2.24) is 0 Å². The Labute approximate surface area is 295 Å². The Morgan fingerprint density at radius 1 is 0.694 bits per heavy atom. The third-order valence-electron chi connectivity index (χ3n) is 15.9. The fourth-order valence-electron chi connectivity index (χ4n) is 12.9. The van der Waals surface area contributed by atoms with Crippen LogP contribution in [0.2, 0.25) is 0 Å². The number of aliphatic hydroxyl groups is 3. The van der Waals surface area contributed by atoms with Crippen LogP contribution in [0.15, 0.2) is 72.3 Å². The van der Waals surface area contributed by atoms with Gasteiger partial charge in [0, 0.05) is 0 Å². The highest BCUT2D eigenvalue weighted by atomic mass is 16.5. The van der Waals surface area contributed by atoms with Gasteiger partial charge in [-0.2, -0.15) is 0 Å². The molecule has 3 N–H and O–H groups in total. The van der Waals surface area contributed by atoms with E-state index in [2.05, 4.69) is 97.0 Å². The molecule has 49 heavy (non-hydrogen) atoms. The molecule has 5 nitrogen and oxygen atoms in total. The van der Waals surface area contributed by atoms with Crippen molar-refractivity contribution < 1.29 is 24.8 Å². The van der Waals surface area contributed by atoms with Crippen LogP contribution < -0.4 is 0 Å². The molecule has 0 radical (unpaired) electrons. The van der Waals surface area contributed by atoms with Gasteiger partial charge in [0.25, 0.3) is 0 Å². The Hall–Kier alpha value is -2.02. The van der Waals surface area contributed by atoms with Gasteiger partial charge in [0.2, 0.25) is 0 Å². The Morgan fingerprint density at radius 3 is 1.88 bits per heavy atom.